The van der Waals surface area contributed by atoms with Crippen molar-refractivity contribution in [2.24, 2.45) is 0 Å². The van der Waals surface area contributed by atoms with Crippen LogP contribution in [0.3, 0.4) is 0 Å². The molecule has 0 bridgehead atoms. The zero-order valence-electron chi connectivity index (χ0n) is 10.9. The molecule has 3 rings (SSSR count). The summed E-state index contributed by atoms with van der Waals surface area (Å²) >= 11 is 0. The van der Waals surface area contributed by atoms with E-state index in [0.29, 0.717) is 17.0 Å². The maximum absolute atomic E-state index is 12.4. The summed E-state index contributed by atoms with van der Waals surface area (Å²) in [5, 5.41) is 3.06. The Morgan fingerprint density at radius 2 is 2.05 bits per heavy atom. The van der Waals surface area contributed by atoms with Crippen molar-refractivity contribution in [2.45, 2.75) is 26.7 Å². The predicted octanol–water partition coefficient (Wildman–Crippen LogP) is 1.26. The van der Waals surface area contributed by atoms with E-state index < -0.39 is 0 Å². The highest BCUT2D eigenvalue weighted by atomic mass is 16.1. The molecular formula is C12H14N6O. The number of nitrogens with zero attached hydrogens (tertiary/aromatic N) is 4. The second-order valence-corrected chi connectivity index (χ2v) is 4.74. The van der Waals surface area contributed by atoms with Gasteiger partial charge in [-0.25, -0.2) is 15.0 Å². The van der Waals surface area contributed by atoms with Gasteiger partial charge in [-0.3, -0.25) is 9.89 Å². The standard InChI is InChI=1S/C12H14N6O/c1-6(2)8-7(3)17-18(12(8)19)11-9-10(14-4-13-9)15-5-16-11/h4-6,17H,1-3H3,(H,13,14,15,16). The van der Waals surface area contributed by atoms with Crippen LogP contribution in [0.1, 0.15) is 31.0 Å². The summed E-state index contributed by atoms with van der Waals surface area (Å²) in [4.78, 5) is 27.7. The largest absolute Gasteiger partial charge is 0.340 e. The number of H-pyrrole nitrogens is 2. The van der Waals surface area contributed by atoms with Gasteiger partial charge in [-0.05, 0) is 12.8 Å². The summed E-state index contributed by atoms with van der Waals surface area (Å²) in [6.07, 6.45) is 2.93. The molecule has 7 nitrogen and oxygen atoms in total. The van der Waals surface area contributed by atoms with E-state index in [9.17, 15) is 4.79 Å². The van der Waals surface area contributed by atoms with E-state index in [0.717, 1.165) is 11.3 Å². The molecule has 19 heavy (non-hydrogen) atoms. The highest BCUT2D eigenvalue weighted by molar-refractivity contribution is 5.77. The molecule has 7 heteroatoms. The number of aromatic nitrogens is 6. The summed E-state index contributed by atoms with van der Waals surface area (Å²) in [5.74, 6) is 0.645. The van der Waals surface area contributed by atoms with Crippen molar-refractivity contribution in [1.29, 1.82) is 0 Å². The minimum absolute atomic E-state index is 0.0814. The summed E-state index contributed by atoms with van der Waals surface area (Å²) in [7, 11) is 0. The van der Waals surface area contributed by atoms with E-state index in [4.69, 9.17) is 0 Å². The number of aryl methyl sites for hydroxylation is 1. The van der Waals surface area contributed by atoms with Crippen molar-refractivity contribution >= 4 is 11.2 Å². The zero-order valence-corrected chi connectivity index (χ0v) is 10.9. The van der Waals surface area contributed by atoms with Crippen LogP contribution in [0.15, 0.2) is 17.4 Å². The number of hydrogen-bond donors (Lipinski definition) is 2. The lowest BCUT2D eigenvalue weighted by molar-refractivity contribution is 0.803. The van der Waals surface area contributed by atoms with Crippen molar-refractivity contribution in [2.75, 3.05) is 0 Å². The molecule has 0 spiro atoms. The normalized spacial score (nSPS) is 11.6. The molecule has 0 saturated carbocycles. The Labute approximate surface area is 108 Å². The SMILES string of the molecule is Cc1[nH]n(-c2ncnc3nc[nH]c23)c(=O)c1C(C)C. The van der Waals surface area contributed by atoms with Gasteiger partial charge in [0, 0.05) is 11.3 Å². The average Bonchev–Trinajstić information content (AvgIpc) is 2.93. The first kappa shape index (κ1) is 11.6. The molecule has 3 heterocycles. The van der Waals surface area contributed by atoms with E-state index in [1.54, 1.807) is 0 Å². The van der Waals surface area contributed by atoms with Crippen LogP contribution in [0.5, 0.6) is 0 Å². The van der Waals surface area contributed by atoms with Crippen molar-refractivity contribution in [3.63, 3.8) is 0 Å². The second kappa shape index (κ2) is 4.04. The monoisotopic (exact) mass is 258 g/mol. The maximum atomic E-state index is 12.4. The first-order valence-corrected chi connectivity index (χ1v) is 6.05. The molecule has 0 amide bonds. The minimum Gasteiger partial charge on any atom is -0.340 e. The lowest BCUT2D eigenvalue weighted by Crippen LogP contribution is -2.19. The lowest BCUT2D eigenvalue weighted by Gasteiger charge is -2.01. The summed E-state index contributed by atoms with van der Waals surface area (Å²) in [5.41, 5.74) is 2.72. The van der Waals surface area contributed by atoms with Gasteiger partial charge in [-0.1, -0.05) is 13.8 Å². The third kappa shape index (κ3) is 1.66. The molecule has 0 fully saturated rings. The fraction of sp³-hybridized carbons (Fsp3) is 0.333. The van der Waals surface area contributed by atoms with Crippen molar-refractivity contribution < 1.29 is 0 Å². The van der Waals surface area contributed by atoms with Gasteiger partial charge in [-0.2, -0.15) is 4.68 Å². The Balaban J connectivity index is 2.31. The molecule has 0 saturated heterocycles. The van der Waals surface area contributed by atoms with E-state index in [2.05, 4.69) is 25.0 Å². The third-order valence-electron chi connectivity index (χ3n) is 3.11. The molecule has 3 aromatic rings. The van der Waals surface area contributed by atoms with Gasteiger partial charge in [0.15, 0.2) is 11.5 Å². The fourth-order valence-electron chi connectivity index (χ4n) is 2.31. The van der Waals surface area contributed by atoms with Gasteiger partial charge in [-0.15, -0.1) is 0 Å². The molecule has 0 radical (unpaired) electrons. The Kier molecular flexibility index (Phi) is 2.48. The van der Waals surface area contributed by atoms with Crippen LogP contribution in [-0.2, 0) is 0 Å². The molecule has 0 aliphatic carbocycles. The van der Waals surface area contributed by atoms with Crippen LogP contribution >= 0.6 is 0 Å². The molecular weight excluding hydrogens is 244 g/mol. The number of hydrogen-bond acceptors (Lipinski definition) is 4. The van der Waals surface area contributed by atoms with Crippen molar-refractivity contribution in [3.05, 3.63) is 34.3 Å². The highest BCUT2D eigenvalue weighted by Gasteiger charge is 2.18. The van der Waals surface area contributed by atoms with E-state index in [1.807, 2.05) is 20.8 Å². The average molecular weight is 258 g/mol. The topological polar surface area (TPSA) is 92.2 Å². The number of imidazole rings is 1. The molecule has 0 unspecified atom stereocenters. The van der Waals surface area contributed by atoms with Crippen LogP contribution < -0.4 is 5.56 Å². The molecule has 3 aromatic heterocycles. The van der Waals surface area contributed by atoms with Crippen molar-refractivity contribution in [1.82, 2.24) is 29.7 Å². The maximum Gasteiger partial charge on any atom is 0.276 e. The highest BCUT2D eigenvalue weighted by Crippen LogP contribution is 2.17. The van der Waals surface area contributed by atoms with Crippen LogP contribution in [0.4, 0.5) is 0 Å². The lowest BCUT2D eigenvalue weighted by atomic mass is 10.1. The first-order valence-electron chi connectivity index (χ1n) is 6.05. The number of fused-ring (bicyclic) bond motifs is 1. The zero-order chi connectivity index (χ0) is 13.6. The Morgan fingerprint density at radius 1 is 1.26 bits per heavy atom. The summed E-state index contributed by atoms with van der Waals surface area (Å²) in [6.45, 7) is 5.87. The number of nitrogens with one attached hydrogen (secondary N) is 2. The van der Waals surface area contributed by atoms with E-state index >= 15 is 0 Å². The smallest absolute Gasteiger partial charge is 0.276 e. The quantitative estimate of drug-likeness (QED) is 0.723. The van der Waals surface area contributed by atoms with Crippen LogP contribution in [0, 0.1) is 6.92 Å². The Morgan fingerprint density at radius 3 is 2.74 bits per heavy atom. The third-order valence-corrected chi connectivity index (χ3v) is 3.11. The Bertz CT molecular complexity index is 794. The van der Waals surface area contributed by atoms with Crippen LogP contribution in [-0.4, -0.2) is 29.7 Å². The first-order chi connectivity index (χ1) is 9.09. The summed E-state index contributed by atoms with van der Waals surface area (Å²) < 4.78 is 1.44. The Hall–Kier alpha value is -2.44. The molecule has 98 valence electrons. The molecule has 2 N–H and O–H groups in total. The predicted molar refractivity (Wildman–Crippen MR) is 70.5 cm³/mol. The van der Waals surface area contributed by atoms with Gasteiger partial charge in [0.25, 0.3) is 5.56 Å². The second-order valence-electron chi connectivity index (χ2n) is 4.74. The molecule has 0 aromatic carbocycles. The molecule has 0 aliphatic heterocycles. The molecule has 0 atom stereocenters. The fourth-order valence-corrected chi connectivity index (χ4v) is 2.31. The van der Waals surface area contributed by atoms with Gasteiger partial charge in [0.05, 0.1) is 6.33 Å². The van der Waals surface area contributed by atoms with Gasteiger partial charge in [0.1, 0.15) is 11.8 Å². The van der Waals surface area contributed by atoms with E-state index in [-0.39, 0.29) is 11.5 Å². The van der Waals surface area contributed by atoms with E-state index in [1.165, 1.54) is 17.3 Å². The number of rotatable bonds is 2. The van der Waals surface area contributed by atoms with Gasteiger partial charge in [0.2, 0.25) is 0 Å². The summed E-state index contributed by atoms with van der Waals surface area (Å²) in [6, 6.07) is 0. The van der Waals surface area contributed by atoms with Crippen LogP contribution in [0.25, 0.3) is 17.0 Å². The molecule has 0 aliphatic rings. The van der Waals surface area contributed by atoms with Crippen molar-refractivity contribution in [3.8, 4) is 5.82 Å². The van der Waals surface area contributed by atoms with Crippen LogP contribution in [0.2, 0.25) is 0 Å². The van der Waals surface area contributed by atoms with Gasteiger partial charge >= 0.3 is 0 Å². The number of aromatic amines is 2. The van der Waals surface area contributed by atoms with Gasteiger partial charge < -0.3 is 4.98 Å². The minimum atomic E-state index is -0.0814.